The second-order valence-electron chi connectivity index (χ2n) is 6.88. The molecule has 3 heterocycles. The van der Waals surface area contributed by atoms with Gasteiger partial charge in [0.2, 0.25) is 0 Å². The molecule has 0 spiro atoms. The van der Waals surface area contributed by atoms with Gasteiger partial charge in [0.05, 0.1) is 17.4 Å². The summed E-state index contributed by atoms with van der Waals surface area (Å²) in [6.45, 7) is 7.47. The first-order valence-electron chi connectivity index (χ1n) is 9.15. The largest absolute Gasteiger partial charge is 0.331 e. The van der Waals surface area contributed by atoms with E-state index in [4.69, 9.17) is 0 Å². The van der Waals surface area contributed by atoms with Crippen molar-refractivity contribution in [3.63, 3.8) is 0 Å². The molecule has 0 radical (unpaired) electrons. The average molecular weight is 356 g/mol. The van der Waals surface area contributed by atoms with Crippen LogP contribution in [0.1, 0.15) is 48.5 Å². The van der Waals surface area contributed by atoms with Crippen molar-refractivity contribution in [1.29, 1.82) is 0 Å². The summed E-state index contributed by atoms with van der Waals surface area (Å²) in [6.07, 6.45) is 5.61. The van der Waals surface area contributed by atoms with E-state index in [2.05, 4.69) is 28.5 Å². The number of hydrogen-bond acceptors (Lipinski definition) is 3. The number of carbonyl (C=O) groups is 1. The van der Waals surface area contributed by atoms with Crippen molar-refractivity contribution < 1.29 is 4.79 Å². The number of aryl methyl sites for hydroxylation is 3. The van der Waals surface area contributed by atoms with Crippen LogP contribution in [0.4, 0.5) is 4.79 Å². The summed E-state index contributed by atoms with van der Waals surface area (Å²) in [5.74, 6) is 0. The molecule has 2 amide bonds. The summed E-state index contributed by atoms with van der Waals surface area (Å²) in [7, 11) is 3.88. The van der Waals surface area contributed by atoms with Gasteiger partial charge in [0.1, 0.15) is 0 Å². The van der Waals surface area contributed by atoms with Gasteiger partial charge in [-0.1, -0.05) is 13.0 Å². The number of nitrogens with zero attached hydrogens (tertiary/aromatic N) is 5. The molecule has 0 bridgehead atoms. The highest BCUT2D eigenvalue weighted by atomic mass is 16.2. The third-order valence-electron chi connectivity index (χ3n) is 5.27. The van der Waals surface area contributed by atoms with Crippen molar-refractivity contribution >= 4 is 11.6 Å². The molecule has 7 nitrogen and oxygen atoms in total. The molecule has 3 rings (SSSR count). The summed E-state index contributed by atoms with van der Waals surface area (Å²) in [4.78, 5) is 14.6. The number of rotatable bonds is 4. The first-order chi connectivity index (χ1) is 12.4. The predicted molar refractivity (Wildman–Crippen MR) is 102 cm³/mol. The lowest BCUT2D eigenvalue weighted by Crippen LogP contribution is -2.43. The second kappa shape index (κ2) is 7.35. The Labute approximate surface area is 154 Å². The lowest BCUT2D eigenvalue weighted by Gasteiger charge is -2.29. The Kier molecular flexibility index (Phi) is 5.15. The molecule has 1 aliphatic rings. The Hall–Kier alpha value is -2.57. The van der Waals surface area contributed by atoms with Gasteiger partial charge in [-0.3, -0.25) is 9.36 Å². The van der Waals surface area contributed by atoms with Gasteiger partial charge < -0.3 is 10.2 Å². The maximum Gasteiger partial charge on any atom is 0.318 e. The highest BCUT2D eigenvalue weighted by Crippen LogP contribution is 2.25. The highest BCUT2D eigenvalue weighted by Gasteiger charge is 2.24. The van der Waals surface area contributed by atoms with E-state index in [1.807, 2.05) is 48.3 Å². The molecule has 0 aliphatic carbocycles. The molecule has 0 fully saturated rings. The molecule has 7 heteroatoms. The van der Waals surface area contributed by atoms with Gasteiger partial charge in [0, 0.05) is 44.6 Å². The average Bonchev–Trinajstić information content (AvgIpc) is 3.16. The van der Waals surface area contributed by atoms with Crippen LogP contribution in [0.25, 0.3) is 5.57 Å². The summed E-state index contributed by atoms with van der Waals surface area (Å²) >= 11 is 0. The van der Waals surface area contributed by atoms with E-state index in [0.717, 1.165) is 35.5 Å². The number of amides is 2. The predicted octanol–water partition coefficient (Wildman–Crippen LogP) is 2.72. The fourth-order valence-electron chi connectivity index (χ4n) is 3.69. The SMILES string of the molecule is CCC(NC(=O)N1CC=C(c2ccnn2C)CC1)c1c(C)nn(C)c1C. The highest BCUT2D eigenvalue weighted by molar-refractivity contribution is 5.77. The minimum absolute atomic E-state index is 0.0141. The fraction of sp³-hybridized carbons (Fsp3) is 0.526. The first-order valence-corrected chi connectivity index (χ1v) is 9.15. The minimum Gasteiger partial charge on any atom is -0.331 e. The number of aromatic nitrogens is 4. The summed E-state index contributed by atoms with van der Waals surface area (Å²) in [6, 6.07) is 1.99. The third-order valence-corrected chi connectivity index (χ3v) is 5.27. The molecule has 26 heavy (non-hydrogen) atoms. The number of hydrogen-bond donors (Lipinski definition) is 1. The molecule has 2 aromatic heterocycles. The van der Waals surface area contributed by atoms with Crippen LogP contribution in [0.5, 0.6) is 0 Å². The van der Waals surface area contributed by atoms with E-state index in [1.165, 1.54) is 5.57 Å². The van der Waals surface area contributed by atoms with E-state index in [1.54, 1.807) is 6.20 Å². The lowest BCUT2D eigenvalue weighted by atomic mass is 10.0. The molecule has 1 N–H and O–H groups in total. The first kappa shape index (κ1) is 18.2. The molecule has 1 unspecified atom stereocenters. The van der Waals surface area contributed by atoms with Crippen LogP contribution in [-0.4, -0.2) is 43.6 Å². The zero-order valence-corrected chi connectivity index (χ0v) is 16.3. The van der Waals surface area contributed by atoms with Gasteiger partial charge in [0.25, 0.3) is 0 Å². The van der Waals surface area contributed by atoms with E-state index < -0.39 is 0 Å². The molecular weight excluding hydrogens is 328 g/mol. The maximum absolute atomic E-state index is 12.8. The van der Waals surface area contributed by atoms with Crippen LogP contribution in [0, 0.1) is 13.8 Å². The van der Waals surface area contributed by atoms with Crippen LogP contribution in [-0.2, 0) is 14.1 Å². The molecule has 1 aliphatic heterocycles. The van der Waals surface area contributed by atoms with Crippen LogP contribution >= 0.6 is 0 Å². The topological polar surface area (TPSA) is 68.0 Å². The van der Waals surface area contributed by atoms with Crippen LogP contribution in [0.3, 0.4) is 0 Å². The Bertz CT molecular complexity index is 831. The summed E-state index contributed by atoms with van der Waals surface area (Å²) < 4.78 is 3.76. The zero-order valence-electron chi connectivity index (χ0n) is 16.3. The molecular formula is C19H28N6O. The minimum atomic E-state index is -0.0151. The van der Waals surface area contributed by atoms with Crippen LogP contribution < -0.4 is 5.32 Å². The van der Waals surface area contributed by atoms with Gasteiger partial charge in [-0.05, 0) is 38.3 Å². The van der Waals surface area contributed by atoms with Crippen molar-refractivity contribution in [3.8, 4) is 0 Å². The van der Waals surface area contributed by atoms with Gasteiger partial charge in [-0.25, -0.2) is 4.79 Å². The van der Waals surface area contributed by atoms with Gasteiger partial charge in [0.15, 0.2) is 0 Å². The maximum atomic E-state index is 12.8. The molecule has 140 valence electrons. The lowest BCUT2D eigenvalue weighted by molar-refractivity contribution is 0.198. The van der Waals surface area contributed by atoms with E-state index >= 15 is 0 Å². The Morgan fingerprint density at radius 2 is 2.08 bits per heavy atom. The molecule has 2 aromatic rings. The monoisotopic (exact) mass is 356 g/mol. The third kappa shape index (κ3) is 3.38. The fourth-order valence-corrected chi connectivity index (χ4v) is 3.69. The Morgan fingerprint density at radius 1 is 1.31 bits per heavy atom. The normalized spacial score (nSPS) is 15.7. The van der Waals surface area contributed by atoms with E-state index in [9.17, 15) is 4.79 Å². The zero-order chi connectivity index (χ0) is 18.8. The smallest absolute Gasteiger partial charge is 0.318 e. The van der Waals surface area contributed by atoms with Crippen molar-refractivity contribution in [2.75, 3.05) is 13.1 Å². The molecule has 0 saturated carbocycles. The van der Waals surface area contributed by atoms with Crippen molar-refractivity contribution in [2.45, 2.75) is 39.7 Å². The standard InChI is InChI=1S/C19H28N6O/c1-6-16(18-13(2)22-23(4)14(18)3)21-19(26)25-11-8-15(9-12-25)17-7-10-20-24(17)5/h7-8,10,16H,6,9,11-12H2,1-5H3,(H,21,26). The van der Waals surface area contributed by atoms with Gasteiger partial charge in [-0.2, -0.15) is 10.2 Å². The van der Waals surface area contributed by atoms with Gasteiger partial charge in [-0.15, -0.1) is 0 Å². The Morgan fingerprint density at radius 3 is 2.58 bits per heavy atom. The van der Waals surface area contributed by atoms with Crippen LogP contribution in [0.2, 0.25) is 0 Å². The molecule has 0 aromatic carbocycles. The van der Waals surface area contributed by atoms with E-state index in [-0.39, 0.29) is 12.1 Å². The van der Waals surface area contributed by atoms with Crippen LogP contribution in [0.15, 0.2) is 18.3 Å². The number of carbonyl (C=O) groups excluding carboxylic acids is 1. The molecule has 1 atom stereocenters. The summed E-state index contributed by atoms with van der Waals surface area (Å²) in [5.41, 5.74) is 5.59. The van der Waals surface area contributed by atoms with Crippen molar-refractivity contribution in [1.82, 2.24) is 29.8 Å². The second-order valence-corrected chi connectivity index (χ2v) is 6.88. The van der Waals surface area contributed by atoms with Crippen molar-refractivity contribution in [3.05, 3.63) is 41.0 Å². The number of nitrogens with one attached hydrogen (secondary N) is 1. The van der Waals surface area contributed by atoms with E-state index in [0.29, 0.717) is 13.1 Å². The van der Waals surface area contributed by atoms with Crippen molar-refractivity contribution in [2.24, 2.45) is 14.1 Å². The number of urea groups is 1. The Balaban J connectivity index is 1.68. The molecule has 0 saturated heterocycles. The van der Waals surface area contributed by atoms with Gasteiger partial charge >= 0.3 is 6.03 Å². The summed E-state index contributed by atoms with van der Waals surface area (Å²) in [5, 5.41) is 11.9. The quantitative estimate of drug-likeness (QED) is 0.916.